The van der Waals surface area contributed by atoms with E-state index in [4.69, 9.17) is 9.47 Å². The first kappa shape index (κ1) is 18.0. The number of benzene rings is 1. The Morgan fingerprint density at radius 1 is 1.32 bits per heavy atom. The highest BCUT2D eigenvalue weighted by Crippen LogP contribution is 2.25. The van der Waals surface area contributed by atoms with Gasteiger partial charge < -0.3 is 9.47 Å². The number of nitrogens with zero attached hydrogens (tertiary/aromatic N) is 3. The molecule has 0 bridgehead atoms. The summed E-state index contributed by atoms with van der Waals surface area (Å²) in [5.41, 5.74) is -0.206. The lowest BCUT2D eigenvalue weighted by molar-refractivity contribution is -0.385. The van der Waals surface area contributed by atoms with Crippen molar-refractivity contribution in [1.29, 1.82) is 0 Å². The van der Waals surface area contributed by atoms with Gasteiger partial charge in [-0.1, -0.05) is 0 Å². The Morgan fingerprint density at radius 3 is 2.60 bits per heavy atom. The zero-order valence-electron chi connectivity index (χ0n) is 13.2. The molecule has 0 spiro atoms. The fourth-order valence-electron chi connectivity index (χ4n) is 2.16. The monoisotopic (exact) mass is 349 g/mol. The number of imide groups is 3. The number of nitro benzene ring substituents is 1. The first-order valence-electron chi connectivity index (χ1n) is 7.29. The number of hydrogen-bond donors (Lipinski definition) is 0. The van der Waals surface area contributed by atoms with E-state index in [2.05, 4.69) is 11.7 Å². The highest BCUT2D eigenvalue weighted by atomic mass is 16.6. The van der Waals surface area contributed by atoms with Crippen LogP contribution in [-0.2, 0) is 20.9 Å². The van der Waals surface area contributed by atoms with E-state index in [1.54, 1.807) is 0 Å². The van der Waals surface area contributed by atoms with E-state index in [1.807, 2.05) is 0 Å². The molecule has 3 amide bonds. The Hall–Kier alpha value is -3.30. The summed E-state index contributed by atoms with van der Waals surface area (Å²) in [5.74, 6) is -0.981. The molecule has 1 aliphatic rings. The molecular formula is C15H15N3O7. The normalized spacial score (nSPS) is 13.7. The van der Waals surface area contributed by atoms with Crippen LogP contribution in [0.5, 0.6) is 5.75 Å². The van der Waals surface area contributed by atoms with Crippen molar-refractivity contribution >= 4 is 30.3 Å². The Kier molecular flexibility index (Phi) is 5.77. The highest BCUT2D eigenvalue weighted by Gasteiger charge is 2.36. The van der Waals surface area contributed by atoms with Crippen molar-refractivity contribution in [2.24, 2.45) is 4.99 Å². The average molecular weight is 349 g/mol. The van der Waals surface area contributed by atoms with Crippen molar-refractivity contribution < 1.29 is 28.8 Å². The molecule has 1 saturated heterocycles. The summed E-state index contributed by atoms with van der Waals surface area (Å²) < 4.78 is 10.2. The fourth-order valence-corrected chi connectivity index (χ4v) is 2.16. The summed E-state index contributed by atoms with van der Waals surface area (Å²) in [6.07, 6.45) is -1.27. The zero-order chi connectivity index (χ0) is 18.4. The molecule has 0 atom stereocenters. The van der Waals surface area contributed by atoms with E-state index in [0.717, 1.165) is 0 Å². The lowest BCUT2D eigenvalue weighted by Gasteiger charge is -2.13. The lowest BCUT2D eigenvalue weighted by atomic mass is 10.2. The van der Waals surface area contributed by atoms with E-state index < -0.39 is 29.4 Å². The predicted octanol–water partition coefficient (Wildman–Crippen LogP) is 1.46. The van der Waals surface area contributed by atoms with Gasteiger partial charge in [-0.2, -0.15) is 4.90 Å². The van der Waals surface area contributed by atoms with Crippen molar-refractivity contribution in [1.82, 2.24) is 4.90 Å². The molecule has 25 heavy (non-hydrogen) atoms. The summed E-state index contributed by atoms with van der Waals surface area (Å²) in [7, 11) is 0. The van der Waals surface area contributed by atoms with Crippen LogP contribution in [0.4, 0.5) is 10.5 Å². The molecule has 0 saturated carbocycles. The highest BCUT2D eigenvalue weighted by molar-refractivity contribution is 6.13. The standard InChI is InChI=1S/C15H15N3O7/c1-16-6-7-24-11-2-3-12(18(22)23)10(8-11)9-25-15(21)17-13(19)4-5-14(17)20/h2-3,8H,1,4-7,9H2. The number of hydrogen-bond acceptors (Lipinski definition) is 8. The number of aliphatic imine (C=N–C) groups is 1. The second-order valence-electron chi connectivity index (χ2n) is 5.02. The molecule has 0 aromatic heterocycles. The van der Waals surface area contributed by atoms with Crippen molar-refractivity contribution in [2.45, 2.75) is 19.4 Å². The van der Waals surface area contributed by atoms with Gasteiger partial charge in [-0.25, -0.2) is 4.79 Å². The second kappa shape index (κ2) is 7.99. The van der Waals surface area contributed by atoms with Crippen molar-refractivity contribution in [3.8, 4) is 5.75 Å². The van der Waals surface area contributed by atoms with Gasteiger partial charge in [0.1, 0.15) is 19.0 Å². The zero-order valence-corrected chi connectivity index (χ0v) is 13.2. The first-order valence-corrected chi connectivity index (χ1v) is 7.29. The first-order chi connectivity index (χ1) is 11.9. The van der Waals surface area contributed by atoms with Gasteiger partial charge in [0.2, 0.25) is 11.8 Å². The SMILES string of the molecule is C=NCCOc1ccc([N+](=O)[O-])c(COC(=O)N2C(=O)CCC2=O)c1. The maximum absolute atomic E-state index is 11.9. The van der Waals surface area contributed by atoms with Gasteiger partial charge in [-0.3, -0.25) is 24.7 Å². The van der Waals surface area contributed by atoms with Crippen molar-refractivity contribution in [2.75, 3.05) is 13.2 Å². The lowest BCUT2D eigenvalue weighted by Crippen LogP contribution is -2.35. The van der Waals surface area contributed by atoms with Gasteiger partial charge in [0.05, 0.1) is 17.0 Å². The van der Waals surface area contributed by atoms with E-state index in [1.165, 1.54) is 18.2 Å². The third kappa shape index (κ3) is 4.37. The third-order valence-corrected chi connectivity index (χ3v) is 3.35. The number of rotatable bonds is 7. The van der Waals surface area contributed by atoms with Crippen LogP contribution in [0.1, 0.15) is 18.4 Å². The quantitative estimate of drug-likeness (QED) is 0.239. The molecule has 2 rings (SSSR count). The van der Waals surface area contributed by atoms with E-state index in [-0.39, 0.29) is 30.7 Å². The van der Waals surface area contributed by atoms with Gasteiger partial charge in [-0.15, -0.1) is 0 Å². The predicted molar refractivity (Wildman–Crippen MR) is 84.3 cm³/mol. The van der Waals surface area contributed by atoms with Crippen LogP contribution in [0.15, 0.2) is 23.2 Å². The van der Waals surface area contributed by atoms with Crippen molar-refractivity contribution in [3.05, 3.63) is 33.9 Å². The number of likely N-dealkylation sites (tertiary alicyclic amines) is 1. The minimum absolute atomic E-state index is 0.0608. The van der Waals surface area contributed by atoms with Crippen LogP contribution in [0, 0.1) is 10.1 Å². The molecule has 0 aliphatic carbocycles. The number of carbonyl (C=O) groups is 3. The Labute approximate surface area is 142 Å². The maximum Gasteiger partial charge on any atom is 0.423 e. The van der Waals surface area contributed by atoms with Gasteiger partial charge >= 0.3 is 6.09 Å². The van der Waals surface area contributed by atoms with Crippen LogP contribution in [0.2, 0.25) is 0 Å². The number of ether oxygens (including phenoxy) is 2. The molecule has 132 valence electrons. The van der Waals surface area contributed by atoms with Gasteiger partial charge in [-0.05, 0) is 18.9 Å². The molecule has 10 heteroatoms. The van der Waals surface area contributed by atoms with E-state index >= 15 is 0 Å². The number of carbonyl (C=O) groups excluding carboxylic acids is 3. The van der Waals surface area contributed by atoms with Crippen LogP contribution in [0.25, 0.3) is 0 Å². The summed E-state index contributed by atoms with van der Waals surface area (Å²) in [6.45, 7) is 3.41. The van der Waals surface area contributed by atoms with E-state index in [9.17, 15) is 24.5 Å². The molecule has 0 radical (unpaired) electrons. The van der Waals surface area contributed by atoms with Gasteiger partial charge in [0.15, 0.2) is 0 Å². The molecule has 0 unspecified atom stereocenters. The largest absolute Gasteiger partial charge is 0.492 e. The van der Waals surface area contributed by atoms with Crippen LogP contribution in [0.3, 0.4) is 0 Å². The minimum Gasteiger partial charge on any atom is -0.492 e. The molecule has 0 N–H and O–H groups in total. The molecule has 1 aromatic carbocycles. The average Bonchev–Trinajstić information content (AvgIpc) is 2.91. The van der Waals surface area contributed by atoms with Gasteiger partial charge in [0.25, 0.3) is 5.69 Å². The van der Waals surface area contributed by atoms with E-state index in [0.29, 0.717) is 17.2 Å². The van der Waals surface area contributed by atoms with Crippen LogP contribution >= 0.6 is 0 Å². The summed E-state index contributed by atoms with van der Waals surface area (Å²) in [5, 5.41) is 11.1. The smallest absolute Gasteiger partial charge is 0.423 e. The number of amides is 3. The number of nitro groups is 1. The third-order valence-electron chi connectivity index (χ3n) is 3.35. The maximum atomic E-state index is 11.9. The summed E-state index contributed by atoms with van der Waals surface area (Å²) in [6, 6.07) is 3.97. The Bertz CT molecular complexity index is 716. The molecule has 1 heterocycles. The molecule has 1 fully saturated rings. The molecule has 1 aliphatic heterocycles. The molecule has 10 nitrogen and oxygen atoms in total. The van der Waals surface area contributed by atoms with Crippen LogP contribution in [-0.4, -0.2) is 47.6 Å². The minimum atomic E-state index is -1.15. The molecule has 1 aromatic rings. The topological polar surface area (TPSA) is 128 Å². The Balaban J connectivity index is 2.10. The Morgan fingerprint density at radius 2 is 2.00 bits per heavy atom. The summed E-state index contributed by atoms with van der Waals surface area (Å²) >= 11 is 0. The van der Waals surface area contributed by atoms with Crippen LogP contribution < -0.4 is 4.74 Å². The molecular weight excluding hydrogens is 334 g/mol. The van der Waals surface area contributed by atoms with Crippen molar-refractivity contribution in [3.63, 3.8) is 0 Å². The fraction of sp³-hybridized carbons (Fsp3) is 0.333. The summed E-state index contributed by atoms with van der Waals surface area (Å²) in [4.78, 5) is 49.3. The van der Waals surface area contributed by atoms with Gasteiger partial charge in [0, 0.05) is 18.9 Å². The second-order valence-corrected chi connectivity index (χ2v) is 5.02.